The maximum absolute atomic E-state index is 14.8. The van der Waals surface area contributed by atoms with Gasteiger partial charge in [0.15, 0.2) is 5.65 Å². The van der Waals surface area contributed by atoms with Crippen LogP contribution in [0.1, 0.15) is 43.4 Å². The molecule has 3 aliphatic rings. The zero-order chi connectivity index (χ0) is 25.6. The summed E-state index contributed by atoms with van der Waals surface area (Å²) in [5, 5.41) is 3.60. The number of halogens is 2. The summed E-state index contributed by atoms with van der Waals surface area (Å²) in [4.78, 5) is 30.3. The fraction of sp³-hybridized carbons (Fsp3) is 0.444. The minimum atomic E-state index is -0.355. The second-order valence-corrected chi connectivity index (χ2v) is 10.2. The molecule has 7 rings (SSSR count). The van der Waals surface area contributed by atoms with Crippen molar-refractivity contribution in [2.24, 2.45) is 7.05 Å². The molecule has 200 valence electrons. The quantitative estimate of drug-likeness (QED) is 0.379. The Hall–Kier alpha value is -3.21. The van der Waals surface area contributed by atoms with Crippen molar-refractivity contribution in [1.29, 1.82) is 0 Å². The van der Waals surface area contributed by atoms with E-state index in [2.05, 4.69) is 25.3 Å². The number of hydrogen-bond donors (Lipinski definition) is 1. The molecule has 6 heterocycles. The Balaban J connectivity index is 0.00000294. The first kappa shape index (κ1) is 26.4. The van der Waals surface area contributed by atoms with Gasteiger partial charge in [-0.1, -0.05) is 0 Å². The molecule has 1 aliphatic carbocycles. The van der Waals surface area contributed by atoms with Gasteiger partial charge in [0, 0.05) is 37.0 Å². The summed E-state index contributed by atoms with van der Waals surface area (Å²) in [6, 6.07) is 7.21. The molecule has 3 fully saturated rings. The second-order valence-electron chi connectivity index (χ2n) is 10.2. The molecule has 2 bridgehead atoms. The van der Waals surface area contributed by atoms with E-state index in [1.165, 1.54) is 6.20 Å². The number of nitrogens with one attached hydrogen (secondary N) is 1. The third-order valence-corrected chi connectivity index (χ3v) is 8.07. The number of hydrogen-bond acceptors (Lipinski definition) is 8. The molecule has 2 saturated heterocycles. The van der Waals surface area contributed by atoms with Gasteiger partial charge in [0.1, 0.15) is 17.0 Å². The van der Waals surface area contributed by atoms with Gasteiger partial charge in [-0.15, -0.1) is 12.4 Å². The smallest absolute Gasteiger partial charge is 0.274 e. The molecular formula is C27H30ClFN6O3. The van der Waals surface area contributed by atoms with Crippen LogP contribution in [0, 0.1) is 5.82 Å². The van der Waals surface area contributed by atoms with Crippen LogP contribution in [-0.4, -0.2) is 49.4 Å². The van der Waals surface area contributed by atoms with Gasteiger partial charge in [-0.3, -0.25) is 14.3 Å². The molecule has 4 aromatic rings. The molecule has 11 heteroatoms. The lowest BCUT2D eigenvalue weighted by atomic mass is 9.69. The van der Waals surface area contributed by atoms with Gasteiger partial charge in [-0.05, 0) is 56.7 Å². The van der Waals surface area contributed by atoms with Crippen molar-refractivity contribution < 1.29 is 13.9 Å². The SMILES string of the molecule is COc1ccc2ncc(F)c(CCC34CCC(NCc5nc6cccnc6n(C)c5=O)(CC3)CO4)c2n1.Cl. The number of aryl methyl sites for hydroxylation is 2. The number of rotatable bonds is 7. The van der Waals surface area contributed by atoms with E-state index in [0.717, 1.165) is 25.7 Å². The van der Waals surface area contributed by atoms with E-state index in [0.29, 0.717) is 65.3 Å². The van der Waals surface area contributed by atoms with Crippen LogP contribution in [0.25, 0.3) is 22.2 Å². The van der Waals surface area contributed by atoms with E-state index in [1.807, 2.05) is 12.1 Å². The standard InChI is InChI=1S/C27H29FN6O3.ClH/c1-34-24-20(4-3-13-29-24)32-21(25(34)35)15-31-26-9-11-27(12-10-26,37-16-26)8-7-17-18(28)14-30-19-5-6-22(36-2)33-23(17)19;/h3-6,13-14,31H,7-12,15-16H2,1-2H3;1H. The van der Waals surface area contributed by atoms with E-state index in [4.69, 9.17) is 9.47 Å². The maximum Gasteiger partial charge on any atom is 0.274 e. The minimum Gasteiger partial charge on any atom is -0.481 e. The first-order chi connectivity index (χ1) is 17.9. The minimum absolute atomic E-state index is 0. The van der Waals surface area contributed by atoms with E-state index < -0.39 is 0 Å². The summed E-state index contributed by atoms with van der Waals surface area (Å²) in [5.41, 5.74) is 2.87. The van der Waals surface area contributed by atoms with Crippen molar-refractivity contribution in [2.75, 3.05) is 13.7 Å². The number of aromatic nitrogens is 5. The van der Waals surface area contributed by atoms with Crippen molar-refractivity contribution in [1.82, 2.24) is 29.8 Å². The Bertz CT molecular complexity index is 1540. The predicted molar refractivity (Wildman–Crippen MR) is 143 cm³/mol. The van der Waals surface area contributed by atoms with Crippen LogP contribution in [0.15, 0.2) is 41.5 Å². The molecule has 2 aliphatic heterocycles. The molecule has 4 aromatic heterocycles. The highest BCUT2D eigenvalue weighted by molar-refractivity contribution is 5.85. The highest BCUT2D eigenvalue weighted by Crippen LogP contribution is 2.46. The van der Waals surface area contributed by atoms with Crippen LogP contribution in [0.3, 0.4) is 0 Å². The Kier molecular flexibility index (Phi) is 7.06. The molecule has 0 atom stereocenters. The Morgan fingerprint density at radius 1 is 1.13 bits per heavy atom. The molecule has 0 spiro atoms. The van der Waals surface area contributed by atoms with E-state index >= 15 is 0 Å². The van der Waals surface area contributed by atoms with Crippen LogP contribution >= 0.6 is 12.4 Å². The molecule has 0 unspecified atom stereocenters. The summed E-state index contributed by atoms with van der Waals surface area (Å²) in [6.07, 6.45) is 7.73. The number of ether oxygens (including phenoxy) is 2. The lowest BCUT2D eigenvalue weighted by Gasteiger charge is -2.53. The largest absolute Gasteiger partial charge is 0.481 e. The van der Waals surface area contributed by atoms with Crippen molar-refractivity contribution in [3.05, 3.63) is 64.1 Å². The zero-order valence-corrected chi connectivity index (χ0v) is 22.2. The summed E-state index contributed by atoms with van der Waals surface area (Å²) in [5.74, 6) is 0.0840. The molecule has 1 saturated carbocycles. The Morgan fingerprint density at radius 3 is 2.68 bits per heavy atom. The van der Waals surface area contributed by atoms with Gasteiger partial charge in [-0.2, -0.15) is 0 Å². The second kappa shape index (κ2) is 10.2. The monoisotopic (exact) mass is 540 g/mol. The van der Waals surface area contributed by atoms with E-state index in [1.54, 1.807) is 37.1 Å². The van der Waals surface area contributed by atoms with Crippen LogP contribution in [0.5, 0.6) is 5.88 Å². The topological polar surface area (TPSA) is 104 Å². The Morgan fingerprint density at radius 2 is 1.95 bits per heavy atom. The number of methoxy groups -OCH3 is 1. The average Bonchev–Trinajstić information content (AvgIpc) is 2.94. The van der Waals surface area contributed by atoms with Gasteiger partial charge >= 0.3 is 0 Å². The lowest BCUT2D eigenvalue weighted by molar-refractivity contribution is -0.165. The zero-order valence-electron chi connectivity index (χ0n) is 21.4. The van der Waals surface area contributed by atoms with E-state index in [-0.39, 0.29) is 34.9 Å². The van der Waals surface area contributed by atoms with Gasteiger partial charge in [0.2, 0.25) is 5.88 Å². The van der Waals surface area contributed by atoms with Gasteiger partial charge in [-0.25, -0.2) is 19.3 Å². The van der Waals surface area contributed by atoms with Gasteiger partial charge in [0.25, 0.3) is 5.56 Å². The van der Waals surface area contributed by atoms with Crippen molar-refractivity contribution in [2.45, 2.75) is 56.2 Å². The van der Waals surface area contributed by atoms with Gasteiger partial charge in [0.05, 0.1) is 36.5 Å². The summed E-state index contributed by atoms with van der Waals surface area (Å²) >= 11 is 0. The van der Waals surface area contributed by atoms with E-state index in [9.17, 15) is 9.18 Å². The first-order valence-corrected chi connectivity index (χ1v) is 12.6. The van der Waals surface area contributed by atoms with Crippen molar-refractivity contribution in [3.8, 4) is 5.88 Å². The normalized spacial score (nSPS) is 22.5. The average molecular weight is 541 g/mol. The third kappa shape index (κ3) is 4.61. The van der Waals surface area contributed by atoms with Crippen molar-refractivity contribution >= 4 is 34.6 Å². The lowest BCUT2D eigenvalue weighted by Crippen LogP contribution is -2.61. The summed E-state index contributed by atoms with van der Waals surface area (Å²) in [7, 11) is 3.27. The number of fused-ring (bicyclic) bond motifs is 5. The highest BCUT2D eigenvalue weighted by Gasteiger charge is 2.49. The number of nitrogens with zero attached hydrogens (tertiary/aromatic N) is 5. The fourth-order valence-corrected chi connectivity index (χ4v) is 5.70. The van der Waals surface area contributed by atoms with Crippen LogP contribution in [0.4, 0.5) is 4.39 Å². The van der Waals surface area contributed by atoms with Crippen LogP contribution in [0.2, 0.25) is 0 Å². The van der Waals surface area contributed by atoms with Gasteiger partial charge < -0.3 is 14.8 Å². The summed E-state index contributed by atoms with van der Waals surface area (Å²) < 4.78 is 28.0. The Labute approximate surface area is 225 Å². The molecule has 0 radical (unpaired) electrons. The summed E-state index contributed by atoms with van der Waals surface area (Å²) in [6.45, 7) is 0.920. The molecule has 38 heavy (non-hydrogen) atoms. The van der Waals surface area contributed by atoms with Crippen LogP contribution in [-0.2, 0) is 24.8 Å². The maximum atomic E-state index is 14.8. The predicted octanol–water partition coefficient (Wildman–Crippen LogP) is 3.65. The van der Waals surface area contributed by atoms with Crippen molar-refractivity contribution in [3.63, 3.8) is 0 Å². The number of pyridine rings is 3. The third-order valence-electron chi connectivity index (χ3n) is 8.07. The fourth-order valence-electron chi connectivity index (χ4n) is 5.70. The highest BCUT2D eigenvalue weighted by atomic mass is 35.5. The first-order valence-electron chi connectivity index (χ1n) is 12.6. The van der Waals surface area contributed by atoms with Crippen LogP contribution < -0.4 is 15.6 Å². The molecule has 9 nitrogen and oxygen atoms in total. The molecule has 0 amide bonds. The molecular weight excluding hydrogens is 511 g/mol. The molecule has 0 aromatic carbocycles. The molecule has 1 N–H and O–H groups in total.